The van der Waals surface area contributed by atoms with Gasteiger partial charge in [-0.2, -0.15) is 0 Å². The number of piperidine rings is 1. The van der Waals surface area contributed by atoms with Crippen molar-refractivity contribution in [3.05, 3.63) is 46.7 Å². The van der Waals surface area contributed by atoms with Crippen molar-refractivity contribution in [1.82, 2.24) is 25.5 Å². The lowest BCUT2D eigenvalue weighted by Crippen LogP contribution is -2.48. The van der Waals surface area contributed by atoms with Gasteiger partial charge in [-0.05, 0) is 37.0 Å². The molecule has 0 atom stereocenters. The number of aromatic nitrogens is 2. The van der Waals surface area contributed by atoms with Crippen LogP contribution in [0.2, 0.25) is 0 Å². The lowest BCUT2D eigenvalue weighted by molar-refractivity contribution is 0.185. The Morgan fingerprint density at radius 1 is 1.29 bits per heavy atom. The van der Waals surface area contributed by atoms with Gasteiger partial charge >= 0.3 is 6.03 Å². The van der Waals surface area contributed by atoms with Crippen LogP contribution in [-0.2, 0) is 13.0 Å². The van der Waals surface area contributed by atoms with E-state index in [2.05, 4.69) is 30.9 Å². The molecule has 0 saturated carbocycles. The number of thiazole rings is 1. The number of nitrogens with one attached hydrogen (secondary N) is 2. The molecule has 128 valence electrons. The predicted molar refractivity (Wildman–Crippen MR) is 94.9 cm³/mol. The molecule has 0 radical (unpaired) electrons. The van der Waals surface area contributed by atoms with Crippen LogP contribution in [0.3, 0.4) is 0 Å². The van der Waals surface area contributed by atoms with Gasteiger partial charge in [0.05, 0.1) is 11.2 Å². The number of amides is 2. The molecule has 2 aromatic heterocycles. The fraction of sp³-hybridized carbons (Fsp3) is 0.471. The van der Waals surface area contributed by atoms with Gasteiger partial charge in [-0.15, -0.1) is 11.3 Å². The molecule has 1 fully saturated rings. The number of carbonyl (C=O) groups is 1. The minimum absolute atomic E-state index is 0.0676. The van der Waals surface area contributed by atoms with E-state index in [1.54, 1.807) is 23.7 Å². The molecule has 3 rings (SSSR count). The fourth-order valence-corrected chi connectivity index (χ4v) is 3.44. The zero-order valence-electron chi connectivity index (χ0n) is 13.6. The van der Waals surface area contributed by atoms with Crippen LogP contribution in [0.4, 0.5) is 4.79 Å². The van der Waals surface area contributed by atoms with Crippen LogP contribution in [-0.4, -0.2) is 46.6 Å². The van der Waals surface area contributed by atoms with Crippen molar-refractivity contribution in [3.63, 3.8) is 0 Å². The smallest absolute Gasteiger partial charge is 0.315 e. The average molecular weight is 345 g/mol. The first kappa shape index (κ1) is 16.9. The number of nitrogens with zero attached hydrogens (tertiary/aromatic N) is 3. The largest absolute Gasteiger partial charge is 0.338 e. The summed E-state index contributed by atoms with van der Waals surface area (Å²) in [4.78, 5) is 22.7. The molecule has 0 aromatic carbocycles. The first-order chi connectivity index (χ1) is 11.8. The Labute approximate surface area is 146 Å². The van der Waals surface area contributed by atoms with E-state index in [-0.39, 0.29) is 12.1 Å². The number of likely N-dealkylation sites (tertiary alicyclic amines) is 1. The van der Waals surface area contributed by atoms with E-state index >= 15 is 0 Å². The number of carbonyl (C=O) groups excluding carboxylic acids is 1. The summed E-state index contributed by atoms with van der Waals surface area (Å²) < 4.78 is 0. The average Bonchev–Trinajstić information content (AvgIpc) is 3.11. The molecule has 6 nitrogen and oxygen atoms in total. The minimum atomic E-state index is -0.0676. The molecule has 0 unspecified atom stereocenters. The highest BCUT2D eigenvalue weighted by Crippen LogP contribution is 2.13. The van der Waals surface area contributed by atoms with Gasteiger partial charge in [-0.1, -0.05) is 0 Å². The Morgan fingerprint density at radius 3 is 2.79 bits per heavy atom. The molecular weight excluding hydrogens is 322 g/mol. The highest BCUT2D eigenvalue weighted by molar-refractivity contribution is 7.07. The van der Waals surface area contributed by atoms with E-state index in [0.29, 0.717) is 6.54 Å². The molecule has 0 bridgehead atoms. The van der Waals surface area contributed by atoms with Crippen LogP contribution >= 0.6 is 11.3 Å². The maximum Gasteiger partial charge on any atom is 0.315 e. The van der Waals surface area contributed by atoms with Crippen LogP contribution < -0.4 is 10.6 Å². The third-order valence-electron chi connectivity index (χ3n) is 4.24. The number of rotatable bonds is 6. The lowest BCUT2D eigenvalue weighted by atomic mass is 10.1. The molecule has 0 spiro atoms. The van der Waals surface area contributed by atoms with E-state index in [9.17, 15) is 4.79 Å². The molecule has 2 aromatic rings. The van der Waals surface area contributed by atoms with E-state index in [1.165, 1.54) is 5.56 Å². The van der Waals surface area contributed by atoms with E-state index in [1.807, 2.05) is 17.6 Å². The van der Waals surface area contributed by atoms with Gasteiger partial charge in [0.15, 0.2) is 0 Å². The van der Waals surface area contributed by atoms with Gasteiger partial charge < -0.3 is 10.6 Å². The first-order valence-corrected chi connectivity index (χ1v) is 9.26. The molecule has 1 saturated heterocycles. The molecule has 2 amide bonds. The monoisotopic (exact) mass is 345 g/mol. The van der Waals surface area contributed by atoms with E-state index in [0.717, 1.165) is 44.6 Å². The number of pyridine rings is 1. The summed E-state index contributed by atoms with van der Waals surface area (Å²) in [6, 6.07) is 4.13. The predicted octanol–water partition coefficient (Wildman–Crippen LogP) is 2.04. The summed E-state index contributed by atoms with van der Waals surface area (Å²) in [6.45, 7) is 3.55. The van der Waals surface area contributed by atoms with Gasteiger partial charge in [-0.3, -0.25) is 9.88 Å². The molecule has 2 N–H and O–H groups in total. The second-order valence-electron chi connectivity index (χ2n) is 6.04. The van der Waals surface area contributed by atoms with Crippen LogP contribution in [0.1, 0.15) is 24.1 Å². The number of hydrogen-bond acceptors (Lipinski definition) is 5. The topological polar surface area (TPSA) is 70.2 Å². The fourth-order valence-electron chi connectivity index (χ4n) is 2.89. The van der Waals surface area contributed by atoms with Crippen LogP contribution in [0.15, 0.2) is 35.4 Å². The molecule has 7 heteroatoms. The van der Waals surface area contributed by atoms with Gasteiger partial charge in [0.25, 0.3) is 0 Å². The summed E-state index contributed by atoms with van der Waals surface area (Å²) in [5, 5.41) is 8.11. The lowest BCUT2D eigenvalue weighted by Gasteiger charge is -2.31. The van der Waals surface area contributed by atoms with Crippen LogP contribution in [0.25, 0.3) is 0 Å². The minimum Gasteiger partial charge on any atom is -0.338 e. The summed E-state index contributed by atoms with van der Waals surface area (Å²) >= 11 is 1.64. The van der Waals surface area contributed by atoms with Crippen molar-refractivity contribution >= 4 is 17.4 Å². The van der Waals surface area contributed by atoms with Crippen molar-refractivity contribution in [2.75, 3.05) is 19.6 Å². The molecular formula is C17H23N5OS. The van der Waals surface area contributed by atoms with Crippen LogP contribution in [0.5, 0.6) is 0 Å². The molecule has 1 aliphatic heterocycles. The summed E-state index contributed by atoms with van der Waals surface area (Å²) in [5.74, 6) is 0. The number of urea groups is 1. The van der Waals surface area contributed by atoms with Crippen molar-refractivity contribution in [3.8, 4) is 0 Å². The van der Waals surface area contributed by atoms with Crippen molar-refractivity contribution in [1.29, 1.82) is 0 Å². The maximum atomic E-state index is 12.0. The van der Waals surface area contributed by atoms with E-state index in [4.69, 9.17) is 0 Å². The Hall–Kier alpha value is -1.99. The van der Waals surface area contributed by atoms with Crippen LogP contribution in [0, 0.1) is 0 Å². The summed E-state index contributed by atoms with van der Waals surface area (Å²) in [5.41, 5.74) is 4.20. The quantitative estimate of drug-likeness (QED) is 0.841. The Balaban J connectivity index is 1.31. The van der Waals surface area contributed by atoms with Crippen molar-refractivity contribution < 1.29 is 4.79 Å². The molecule has 24 heavy (non-hydrogen) atoms. The van der Waals surface area contributed by atoms with E-state index < -0.39 is 0 Å². The zero-order valence-corrected chi connectivity index (χ0v) is 14.5. The summed E-state index contributed by atoms with van der Waals surface area (Å²) in [7, 11) is 0. The molecule has 0 aliphatic carbocycles. The van der Waals surface area contributed by atoms with Gasteiger partial charge in [0.1, 0.15) is 0 Å². The first-order valence-electron chi connectivity index (χ1n) is 8.32. The normalized spacial score (nSPS) is 16.0. The maximum absolute atomic E-state index is 12.0. The second-order valence-corrected chi connectivity index (χ2v) is 6.75. The third-order valence-corrected chi connectivity index (χ3v) is 4.88. The number of hydrogen-bond donors (Lipinski definition) is 2. The second kappa shape index (κ2) is 8.75. The van der Waals surface area contributed by atoms with Gasteiger partial charge in [0, 0.05) is 50.0 Å². The molecule has 1 aliphatic rings. The standard InChI is InChI=1S/C17H23N5OS/c23-17(19-8-3-14-1-6-18-7-2-14)21-15-4-9-22(10-5-15)11-16-12-24-13-20-16/h1-2,6-7,12-13,15H,3-5,8-11H2,(H2,19,21,23). The highest BCUT2D eigenvalue weighted by atomic mass is 32.1. The van der Waals surface area contributed by atoms with Gasteiger partial charge in [-0.25, -0.2) is 9.78 Å². The molecule has 3 heterocycles. The zero-order chi connectivity index (χ0) is 16.6. The highest BCUT2D eigenvalue weighted by Gasteiger charge is 2.20. The van der Waals surface area contributed by atoms with Crippen molar-refractivity contribution in [2.45, 2.75) is 31.8 Å². The summed E-state index contributed by atoms with van der Waals surface area (Å²) in [6.07, 6.45) is 6.34. The Bertz CT molecular complexity index is 611. The van der Waals surface area contributed by atoms with Gasteiger partial charge in [0.2, 0.25) is 0 Å². The van der Waals surface area contributed by atoms with Crippen molar-refractivity contribution in [2.24, 2.45) is 0 Å². The Kier molecular flexibility index (Phi) is 6.14. The SMILES string of the molecule is O=C(NCCc1ccncc1)NC1CCN(Cc2cscn2)CC1. The Morgan fingerprint density at radius 2 is 2.08 bits per heavy atom. The third kappa shape index (κ3) is 5.28.